The zero-order valence-electron chi connectivity index (χ0n) is 8.33. The number of halogens is 5. The zero-order chi connectivity index (χ0) is 12.5. The molecule has 8 heteroatoms. The molecule has 98 valence electrons. The second kappa shape index (κ2) is 5.77. The van der Waals surface area contributed by atoms with Gasteiger partial charge in [0.05, 0.1) is 5.02 Å². The third-order valence-electron chi connectivity index (χ3n) is 2.06. The molecule has 0 bridgehead atoms. The predicted octanol–water partition coefficient (Wildman–Crippen LogP) is 2.23. The van der Waals surface area contributed by atoms with E-state index < -0.39 is 40.7 Å². The van der Waals surface area contributed by atoms with Gasteiger partial charge in [-0.05, 0) is 12.1 Å². The number of aliphatic hydroxyl groups excluding tert-OH is 1. The summed E-state index contributed by atoms with van der Waals surface area (Å²) in [5.41, 5.74) is 4.57. The van der Waals surface area contributed by atoms with Crippen molar-refractivity contribution in [3.63, 3.8) is 0 Å². The molecule has 0 amide bonds. The van der Waals surface area contributed by atoms with Gasteiger partial charge in [-0.3, -0.25) is 0 Å². The molecule has 1 rings (SSSR count). The molecular formula is C9H10Cl2F3NO2. The maximum Gasteiger partial charge on any atom is 0.289 e. The lowest BCUT2D eigenvalue weighted by atomic mass is 10.0. The molecule has 1 aromatic rings. The fourth-order valence-electron chi connectivity index (χ4n) is 1.15. The Morgan fingerprint density at radius 1 is 1.41 bits per heavy atom. The van der Waals surface area contributed by atoms with Crippen molar-refractivity contribution in [3.8, 4) is 5.75 Å². The first-order valence-corrected chi connectivity index (χ1v) is 4.59. The van der Waals surface area contributed by atoms with Crippen LogP contribution in [0, 0.1) is 5.82 Å². The summed E-state index contributed by atoms with van der Waals surface area (Å²) in [6.45, 7) is -1.51. The van der Waals surface area contributed by atoms with Crippen molar-refractivity contribution in [2.24, 2.45) is 5.73 Å². The molecule has 0 heterocycles. The van der Waals surface area contributed by atoms with E-state index in [1.165, 1.54) is 0 Å². The number of alkyl halides is 2. The van der Waals surface area contributed by atoms with E-state index in [0.29, 0.717) is 6.07 Å². The lowest BCUT2D eigenvalue weighted by Gasteiger charge is -2.22. The van der Waals surface area contributed by atoms with E-state index in [0.717, 1.165) is 6.07 Å². The molecule has 1 aromatic carbocycles. The number of nitrogens with two attached hydrogens (primary N) is 1. The summed E-state index contributed by atoms with van der Waals surface area (Å²) in [7, 11) is 0. The molecule has 0 saturated carbocycles. The number of hydrogen-bond acceptors (Lipinski definition) is 3. The topological polar surface area (TPSA) is 66.5 Å². The highest BCUT2D eigenvalue weighted by atomic mass is 35.5. The smallest absolute Gasteiger partial charge is 0.289 e. The first-order chi connectivity index (χ1) is 7.29. The van der Waals surface area contributed by atoms with Crippen molar-refractivity contribution in [3.05, 3.63) is 28.5 Å². The Bertz CT molecular complexity index is 404. The van der Waals surface area contributed by atoms with E-state index in [9.17, 15) is 18.3 Å². The second-order valence-corrected chi connectivity index (χ2v) is 3.63. The molecular weight excluding hydrogens is 282 g/mol. The highest BCUT2D eigenvalue weighted by molar-refractivity contribution is 6.32. The first-order valence-electron chi connectivity index (χ1n) is 4.21. The number of benzene rings is 1. The van der Waals surface area contributed by atoms with E-state index in [4.69, 9.17) is 22.4 Å². The average molecular weight is 292 g/mol. The van der Waals surface area contributed by atoms with Crippen LogP contribution in [0.3, 0.4) is 0 Å². The molecule has 0 aliphatic rings. The normalized spacial score (nSPS) is 13.1. The van der Waals surface area contributed by atoms with Crippen LogP contribution in [0.25, 0.3) is 0 Å². The number of hydrogen-bond donors (Lipinski definition) is 3. The lowest BCUT2D eigenvalue weighted by molar-refractivity contribution is -0.0716. The van der Waals surface area contributed by atoms with E-state index >= 15 is 0 Å². The van der Waals surface area contributed by atoms with Crippen LogP contribution in [0.15, 0.2) is 12.1 Å². The number of phenols is 1. The van der Waals surface area contributed by atoms with Crippen LogP contribution in [0.2, 0.25) is 5.02 Å². The standard InChI is InChI=1S/C9H9ClF3NO2.ClH/c10-6-2-4(11)1-5(7(6)16)8(14)9(12,13)3-15;/h1-2,8,15-16H,3,14H2;1H/t8-;/m1./s1. The van der Waals surface area contributed by atoms with Gasteiger partial charge in [0.25, 0.3) is 5.92 Å². The average Bonchev–Trinajstić information content (AvgIpc) is 2.22. The van der Waals surface area contributed by atoms with Gasteiger partial charge < -0.3 is 15.9 Å². The van der Waals surface area contributed by atoms with Gasteiger partial charge >= 0.3 is 0 Å². The zero-order valence-corrected chi connectivity index (χ0v) is 9.90. The van der Waals surface area contributed by atoms with Gasteiger partial charge in [0, 0.05) is 5.56 Å². The van der Waals surface area contributed by atoms with E-state index in [1.54, 1.807) is 0 Å². The van der Waals surface area contributed by atoms with Crippen LogP contribution in [0.1, 0.15) is 11.6 Å². The number of phenolic OH excluding ortho intramolecular Hbond substituents is 1. The minimum atomic E-state index is -3.67. The highest BCUT2D eigenvalue weighted by Crippen LogP contribution is 2.37. The van der Waals surface area contributed by atoms with Crippen molar-refractivity contribution in [1.29, 1.82) is 0 Å². The molecule has 0 aliphatic carbocycles. The van der Waals surface area contributed by atoms with Crippen molar-refractivity contribution in [2.75, 3.05) is 6.61 Å². The molecule has 0 aromatic heterocycles. The Morgan fingerprint density at radius 2 is 1.94 bits per heavy atom. The minimum Gasteiger partial charge on any atom is -0.506 e. The third kappa shape index (κ3) is 3.38. The van der Waals surface area contributed by atoms with Gasteiger partial charge in [-0.1, -0.05) is 11.6 Å². The maximum absolute atomic E-state index is 13.0. The van der Waals surface area contributed by atoms with Gasteiger partial charge in [0.15, 0.2) is 0 Å². The third-order valence-corrected chi connectivity index (χ3v) is 2.35. The fraction of sp³-hybridized carbons (Fsp3) is 0.333. The molecule has 0 fully saturated rings. The fourth-order valence-corrected chi connectivity index (χ4v) is 1.36. The number of aliphatic hydroxyl groups is 1. The summed E-state index contributed by atoms with van der Waals surface area (Å²) in [4.78, 5) is 0. The van der Waals surface area contributed by atoms with E-state index in [2.05, 4.69) is 0 Å². The van der Waals surface area contributed by atoms with Crippen molar-refractivity contribution >= 4 is 24.0 Å². The summed E-state index contributed by atoms with van der Waals surface area (Å²) in [5, 5.41) is 17.4. The summed E-state index contributed by atoms with van der Waals surface area (Å²) >= 11 is 5.40. The molecule has 0 radical (unpaired) electrons. The molecule has 0 saturated heterocycles. The minimum absolute atomic E-state index is 0. The SMILES string of the molecule is Cl.N[C@H](c1cc(F)cc(Cl)c1O)C(F)(F)CO. The largest absolute Gasteiger partial charge is 0.506 e. The number of aromatic hydroxyl groups is 1. The maximum atomic E-state index is 13.0. The van der Waals surface area contributed by atoms with Crippen LogP contribution in [0.4, 0.5) is 13.2 Å². The van der Waals surface area contributed by atoms with Gasteiger partial charge in [0.1, 0.15) is 24.2 Å². The summed E-state index contributed by atoms with van der Waals surface area (Å²) in [5.74, 6) is -5.29. The molecule has 1 atom stereocenters. The Hall–Kier alpha value is -0.690. The first kappa shape index (κ1) is 16.3. The van der Waals surface area contributed by atoms with Gasteiger partial charge in [0.2, 0.25) is 0 Å². The van der Waals surface area contributed by atoms with Crippen LogP contribution in [-0.2, 0) is 0 Å². The van der Waals surface area contributed by atoms with Crippen molar-refractivity contribution < 1.29 is 23.4 Å². The Labute approximate surface area is 106 Å². The Balaban J connectivity index is 0.00000256. The Morgan fingerprint density at radius 3 is 2.41 bits per heavy atom. The van der Waals surface area contributed by atoms with Crippen molar-refractivity contribution in [2.45, 2.75) is 12.0 Å². The second-order valence-electron chi connectivity index (χ2n) is 3.22. The van der Waals surface area contributed by atoms with Crippen LogP contribution in [0.5, 0.6) is 5.75 Å². The summed E-state index contributed by atoms with van der Waals surface area (Å²) < 4.78 is 38.9. The molecule has 3 nitrogen and oxygen atoms in total. The monoisotopic (exact) mass is 291 g/mol. The molecule has 0 unspecified atom stereocenters. The van der Waals surface area contributed by atoms with Crippen LogP contribution < -0.4 is 5.73 Å². The summed E-state index contributed by atoms with van der Waals surface area (Å²) in [6.07, 6.45) is 0. The lowest BCUT2D eigenvalue weighted by Crippen LogP contribution is -2.36. The summed E-state index contributed by atoms with van der Waals surface area (Å²) in [6, 6.07) is -0.620. The van der Waals surface area contributed by atoms with Crippen LogP contribution in [-0.4, -0.2) is 22.7 Å². The van der Waals surface area contributed by atoms with E-state index in [1.807, 2.05) is 0 Å². The highest BCUT2D eigenvalue weighted by Gasteiger charge is 2.39. The molecule has 0 aliphatic heterocycles. The van der Waals surface area contributed by atoms with Crippen LogP contribution >= 0.6 is 24.0 Å². The van der Waals surface area contributed by atoms with E-state index in [-0.39, 0.29) is 12.4 Å². The van der Waals surface area contributed by atoms with Gasteiger partial charge in [-0.2, -0.15) is 0 Å². The van der Waals surface area contributed by atoms with Gasteiger partial charge in [-0.15, -0.1) is 12.4 Å². The van der Waals surface area contributed by atoms with Crippen molar-refractivity contribution in [1.82, 2.24) is 0 Å². The molecule has 4 N–H and O–H groups in total. The molecule has 17 heavy (non-hydrogen) atoms. The predicted molar refractivity (Wildman–Crippen MR) is 59.3 cm³/mol. The number of rotatable bonds is 3. The quantitative estimate of drug-likeness (QED) is 0.800. The Kier molecular flexibility index (Phi) is 5.54. The molecule has 0 spiro atoms. The van der Waals surface area contributed by atoms with Gasteiger partial charge in [-0.25, -0.2) is 13.2 Å².